The number of benzene rings is 1. The van der Waals surface area contributed by atoms with Gasteiger partial charge in [0.1, 0.15) is 5.75 Å². The number of aryl methyl sites for hydroxylation is 2. The number of carbonyl (C=O) groups is 1. The first-order valence-electron chi connectivity index (χ1n) is 8.87. The van der Waals surface area contributed by atoms with Crippen molar-refractivity contribution < 1.29 is 9.53 Å². The van der Waals surface area contributed by atoms with E-state index in [2.05, 4.69) is 39.8 Å². The van der Waals surface area contributed by atoms with Crippen molar-refractivity contribution in [2.75, 3.05) is 0 Å². The summed E-state index contributed by atoms with van der Waals surface area (Å²) in [7, 11) is 0. The van der Waals surface area contributed by atoms with Gasteiger partial charge in [-0.25, -0.2) is 0 Å². The van der Waals surface area contributed by atoms with Gasteiger partial charge >= 0.3 is 0 Å². The van der Waals surface area contributed by atoms with Crippen LogP contribution in [0.5, 0.6) is 5.75 Å². The quantitative estimate of drug-likeness (QED) is 0.620. The number of hydrogen-bond donors (Lipinski definition) is 0. The first-order valence-corrected chi connectivity index (χ1v) is 8.87. The van der Waals surface area contributed by atoms with E-state index in [0.717, 1.165) is 25.0 Å². The first-order chi connectivity index (χ1) is 10.8. The summed E-state index contributed by atoms with van der Waals surface area (Å²) < 4.78 is 5.83. The van der Waals surface area contributed by atoms with Gasteiger partial charge in [-0.2, -0.15) is 0 Å². The standard InChI is InChI=1S/C20H32NO2/c1-6-18(20(21)22)23-19-12-10-16(9-7-14(2)3)13-17(19)11-8-15(4)5/h10,12-15,18,21H,6-9,11H2,1-5H3. The van der Waals surface area contributed by atoms with Crippen molar-refractivity contribution in [2.24, 2.45) is 11.8 Å². The van der Waals surface area contributed by atoms with Gasteiger partial charge in [0.05, 0.1) is 0 Å². The molecule has 0 saturated heterocycles. The molecule has 1 aromatic rings. The number of carbonyl (C=O) groups excluding carboxylic acids is 1. The summed E-state index contributed by atoms with van der Waals surface area (Å²) in [4.78, 5) is 11.3. The van der Waals surface area contributed by atoms with Gasteiger partial charge in [-0.3, -0.25) is 10.5 Å². The van der Waals surface area contributed by atoms with Crippen LogP contribution in [0.3, 0.4) is 0 Å². The molecule has 0 heterocycles. The zero-order chi connectivity index (χ0) is 17.4. The molecular weight excluding hydrogens is 286 g/mol. The van der Waals surface area contributed by atoms with E-state index in [1.165, 1.54) is 17.5 Å². The minimum absolute atomic E-state index is 0.529. The molecule has 0 saturated carbocycles. The Labute approximate surface area is 141 Å². The molecule has 1 radical (unpaired) electrons. The molecule has 1 unspecified atom stereocenters. The van der Waals surface area contributed by atoms with Gasteiger partial charge in [-0.05, 0) is 61.1 Å². The van der Waals surface area contributed by atoms with Crippen molar-refractivity contribution in [2.45, 2.75) is 72.8 Å². The Bertz CT molecular complexity index is 494. The van der Waals surface area contributed by atoms with Crippen molar-refractivity contribution in [3.8, 4) is 5.75 Å². The topological polar surface area (TPSA) is 50.1 Å². The highest BCUT2D eigenvalue weighted by atomic mass is 16.5. The molecule has 1 aromatic carbocycles. The van der Waals surface area contributed by atoms with Gasteiger partial charge < -0.3 is 4.74 Å². The Hall–Kier alpha value is -1.51. The van der Waals surface area contributed by atoms with Crippen LogP contribution in [0.25, 0.3) is 0 Å². The molecule has 129 valence electrons. The van der Waals surface area contributed by atoms with Gasteiger partial charge in [0.2, 0.25) is 0 Å². The van der Waals surface area contributed by atoms with Crippen LogP contribution in [0.15, 0.2) is 18.2 Å². The predicted octanol–water partition coefficient (Wildman–Crippen LogP) is 4.83. The highest BCUT2D eigenvalue weighted by Gasteiger charge is 2.17. The lowest BCUT2D eigenvalue weighted by atomic mass is 9.97. The molecule has 0 aliphatic rings. The maximum absolute atomic E-state index is 11.3. The molecule has 1 atom stereocenters. The van der Waals surface area contributed by atoms with Crippen LogP contribution in [-0.4, -0.2) is 12.0 Å². The summed E-state index contributed by atoms with van der Waals surface area (Å²) >= 11 is 0. The highest BCUT2D eigenvalue weighted by Crippen LogP contribution is 2.26. The van der Waals surface area contributed by atoms with E-state index in [0.29, 0.717) is 18.3 Å². The SMILES string of the molecule is CCC(Oc1ccc(CCC(C)C)cc1CCC(C)C)C([NH])=O. The summed E-state index contributed by atoms with van der Waals surface area (Å²) in [5.74, 6) is 1.44. The average molecular weight is 318 g/mol. The van der Waals surface area contributed by atoms with Crippen LogP contribution in [0.4, 0.5) is 0 Å². The minimum Gasteiger partial charge on any atom is -0.480 e. The Morgan fingerprint density at radius 2 is 1.70 bits per heavy atom. The Morgan fingerprint density at radius 1 is 1.09 bits per heavy atom. The smallest absolute Gasteiger partial charge is 0.279 e. The van der Waals surface area contributed by atoms with Crippen molar-refractivity contribution in [3.05, 3.63) is 29.3 Å². The molecule has 0 aliphatic heterocycles. The predicted molar refractivity (Wildman–Crippen MR) is 95.6 cm³/mol. The molecule has 1 N–H and O–H groups in total. The van der Waals surface area contributed by atoms with Gasteiger partial charge in [0, 0.05) is 0 Å². The van der Waals surface area contributed by atoms with Crippen molar-refractivity contribution in [3.63, 3.8) is 0 Å². The lowest BCUT2D eigenvalue weighted by Crippen LogP contribution is -2.27. The fourth-order valence-corrected chi connectivity index (χ4v) is 2.47. The van der Waals surface area contributed by atoms with E-state index < -0.39 is 12.0 Å². The molecule has 0 spiro atoms. The summed E-state index contributed by atoms with van der Waals surface area (Å²) in [6, 6.07) is 6.30. The van der Waals surface area contributed by atoms with Gasteiger partial charge in [0.25, 0.3) is 5.91 Å². The van der Waals surface area contributed by atoms with Crippen LogP contribution < -0.4 is 10.5 Å². The van der Waals surface area contributed by atoms with Crippen LogP contribution in [0.1, 0.15) is 65.0 Å². The van der Waals surface area contributed by atoms with Crippen molar-refractivity contribution in [1.29, 1.82) is 0 Å². The molecule has 3 heteroatoms. The fourth-order valence-electron chi connectivity index (χ4n) is 2.47. The molecular formula is C20H32NO2. The van der Waals surface area contributed by atoms with Crippen LogP contribution in [0.2, 0.25) is 0 Å². The Balaban J connectivity index is 2.95. The number of ether oxygens (including phenoxy) is 1. The zero-order valence-electron chi connectivity index (χ0n) is 15.3. The van der Waals surface area contributed by atoms with E-state index in [9.17, 15) is 4.79 Å². The number of nitrogens with one attached hydrogen (secondary N) is 1. The van der Waals surface area contributed by atoms with Gasteiger partial charge in [-0.1, -0.05) is 46.8 Å². The zero-order valence-corrected chi connectivity index (χ0v) is 15.3. The second-order valence-corrected chi connectivity index (χ2v) is 7.19. The third kappa shape index (κ3) is 7.06. The van der Waals surface area contributed by atoms with Crippen LogP contribution in [0, 0.1) is 11.8 Å². The van der Waals surface area contributed by atoms with Crippen LogP contribution >= 0.6 is 0 Å². The summed E-state index contributed by atoms with van der Waals surface area (Å²) in [6.45, 7) is 10.8. The molecule has 23 heavy (non-hydrogen) atoms. The number of hydrogen-bond acceptors (Lipinski definition) is 2. The minimum atomic E-state index is -0.658. The molecule has 3 nitrogen and oxygen atoms in total. The third-order valence-electron chi connectivity index (χ3n) is 4.06. The van der Waals surface area contributed by atoms with E-state index in [1.807, 2.05) is 13.0 Å². The average Bonchev–Trinajstić information content (AvgIpc) is 2.48. The lowest BCUT2D eigenvalue weighted by Gasteiger charge is -2.18. The third-order valence-corrected chi connectivity index (χ3v) is 4.06. The fraction of sp³-hybridized carbons (Fsp3) is 0.650. The van der Waals surface area contributed by atoms with Crippen molar-refractivity contribution in [1.82, 2.24) is 5.73 Å². The lowest BCUT2D eigenvalue weighted by molar-refractivity contribution is -0.125. The van der Waals surface area contributed by atoms with Crippen molar-refractivity contribution >= 4 is 5.91 Å². The second-order valence-electron chi connectivity index (χ2n) is 7.19. The summed E-state index contributed by atoms with van der Waals surface area (Å²) in [5, 5.41) is 0. The van der Waals surface area contributed by atoms with Gasteiger partial charge in [0.15, 0.2) is 6.10 Å². The van der Waals surface area contributed by atoms with Gasteiger partial charge in [-0.15, -0.1) is 0 Å². The summed E-state index contributed by atoms with van der Waals surface area (Å²) in [5.41, 5.74) is 9.81. The maximum Gasteiger partial charge on any atom is 0.279 e. The van der Waals surface area contributed by atoms with E-state index in [4.69, 9.17) is 10.5 Å². The Kier molecular flexibility index (Phi) is 8.15. The van der Waals surface area contributed by atoms with E-state index >= 15 is 0 Å². The van der Waals surface area contributed by atoms with Crippen LogP contribution in [-0.2, 0) is 17.6 Å². The maximum atomic E-state index is 11.3. The molecule has 1 rings (SSSR count). The molecule has 0 fully saturated rings. The second kappa shape index (κ2) is 9.59. The van der Waals surface area contributed by atoms with E-state index in [-0.39, 0.29) is 0 Å². The molecule has 0 aromatic heterocycles. The number of amides is 1. The highest BCUT2D eigenvalue weighted by molar-refractivity contribution is 5.78. The molecule has 0 bridgehead atoms. The van der Waals surface area contributed by atoms with E-state index in [1.54, 1.807) is 0 Å². The monoisotopic (exact) mass is 318 g/mol. The Morgan fingerprint density at radius 3 is 2.22 bits per heavy atom. The molecule has 0 aliphatic carbocycles. The first kappa shape index (κ1) is 19.5. The largest absolute Gasteiger partial charge is 0.480 e. The normalized spacial score (nSPS) is 12.7. The molecule has 1 amide bonds. The summed E-state index contributed by atoms with van der Waals surface area (Å²) in [6.07, 6.45) is 4.16. The number of rotatable bonds is 10.